The van der Waals surface area contributed by atoms with Crippen molar-refractivity contribution in [2.45, 2.75) is 11.3 Å². The highest BCUT2D eigenvalue weighted by Crippen LogP contribution is 2.28. The number of benzene rings is 3. The minimum atomic E-state index is -3.60. The second-order valence-corrected chi connectivity index (χ2v) is 10.00. The molecule has 160 valence electrons. The van der Waals surface area contributed by atoms with Crippen molar-refractivity contribution in [2.24, 2.45) is 5.92 Å². The fourth-order valence-corrected chi connectivity index (χ4v) is 5.83. The summed E-state index contributed by atoms with van der Waals surface area (Å²) in [5.74, 6) is 0.661. The maximum atomic E-state index is 13.1. The van der Waals surface area contributed by atoms with Crippen LogP contribution >= 0.6 is 0 Å². The number of carbonyl (C=O) groups excluding carboxylic acids is 1. The van der Waals surface area contributed by atoms with Crippen LogP contribution in [0.3, 0.4) is 0 Å². The van der Waals surface area contributed by atoms with Crippen molar-refractivity contribution in [2.75, 3.05) is 32.8 Å². The second-order valence-electron chi connectivity index (χ2n) is 8.06. The van der Waals surface area contributed by atoms with Crippen LogP contribution in [0.15, 0.2) is 71.6 Å². The minimum absolute atomic E-state index is 0.0391. The van der Waals surface area contributed by atoms with Gasteiger partial charge < -0.3 is 9.64 Å². The van der Waals surface area contributed by atoms with Gasteiger partial charge in [-0.05, 0) is 41.0 Å². The van der Waals surface area contributed by atoms with Gasteiger partial charge in [-0.15, -0.1) is 0 Å². The SMILES string of the molecule is O=C(C1COc2ccccc2C1)N1CCN(S(=O)(=O)c2ccc3ccccc3c2)CC1. The zero-order valence-electron chi connectivity index (χ0n) is 17.1. The van der Waals surface area contributed by atoms with Crippen LogP contribution in [0, 0.1) is 5.92 Å². The Morgan fingerprint density at radius 1 is 0.871 bits per heavy atom. The maximum Gasteiger partial charge on any atom is 0.243 e. The largest absolute Gasteiger partial charge is 0.492 e. The average molecular weight is 437 g/mol. The highest BCUT2D eigenvalue weighted by Gasteiger charge is 2.34. The number of fused-ring (bicyclic) bond motifs is 2. The van der Waals surface area contributed by atoms with Gasteiger partial charge in [0.05, 0.1) is 10.8 Å². The van der Waals surface area contributed by atoms with Crippen molar-refractivity contribution in [1.82, 2.24) is 9.21 Å². The molecular formula is C24H24N2O4S. The fourth-order valence-electron chi connectivity index (χ4n) is 4.37. The van der Waals surface area contributed by atoms with Crippen molar-refractivity contribution in [3.63, 3.8) is 0 Å². The lowest BCUT2D eigenvalue weighted by atomic mass is 9.95. The first-order chi connectivity index (χ1) is 15.0. The van der Waals surface area contributed by atoms with Gasteiger partial charge in [0.25, 0.3) is 0 Å². The number of hydrogen-bond donors (Lipinski definition) is 0. The van der Waals surface area contributed by atoms with Crippen LogP contribution < -0.4 is 4.74 Å². The first-order valence-corrected chi connectivity index (χ1v) is 11.9. The smallest absolute Gasteiger partial charge is 0.243 e. The van der Waals surface area contributed by atoms with Crippen LogP contribution in [0.25, 0.3) is 10.8 Å². The summed E-state index contributed by atoms with van der Waals surface area (Å²) >= 11 is 0. The molecule has 0 spiro atoms. The van der Waals surface area contributed by atoms with E-state index in [1.807, 2.05) is 54.6 Å². The molecule has 1 fully saturated rings. The van der Waals surface area contributed by atoms with E-state index in [0.29, 0.717) is 44.1 Å². The van der Waals surface area contributed by atoms with Crippen LogP contribution in [0.2, 0.25) is 0 Å². The lowest BCUT2D eigenvalue weighted by Gasteiger charge is -2.36. The van der Waals surface area contributed by atoms with Gasteiger partial charge in [-0.1, -0.05) is 48.5 Å². The van der Waals surface area contributed by atoms with Gasteiger partial charge >= 0.3 is 0 Å². The van der Waals surface area contributed by atoms with Crippen molar-refractivity contribution < 1.29 is 17.9 Å². The number of rotatable bonds is 3. The molecule has 6 nitrogen and oxygen atoms in total. The van der Waals surface area contributed by atoms with Gasteiger partial charge in [0.1, 0.15) is 12.4 Å². The molecule has 1 saturated heterocycles. The number of nitrogens with zero attached hydrogens (tertiary/aromatic N) is 2. The Bertz CT molecular complexity index is 1230. The molecule has 0 radical (unpaired) electrons. The van der Waals surface area contributed by atoms with Gasteiger partial charge in [0.2, 0.25) is 15.9 Å². The normalized spacial score (nSPS) is 19.6. The van der Waals surface area contributed by atoms with E-state index >= 15 is 0 Å². The summed E-state index contributed by atoms with van der Waals surface area (Å²) in [4.78, 5) is 15.1. The van der Waals surface area contributed by atoms with E-state index in [0.717, 1.165) is 22.1 Å². The molecule has 0 aliphatic carbocycles. The molecule has 0 N–H and O–H groups in total. The monoisotopic (exact) mass is 436 g/mol. The van der Waals surface area contributed by atoms with Gasteiger partial charge in [0, 0.05) is 26.2 Å². The number of para-hydroxylation sites is 1. The van der Waals surface area contributed by atoms with Gasteiger partial charge in [0.15, 0.2) is 0 Å². The maximum absolute atomic E-state index is 13.1. The van der Waals surface area contributed by atoms with Crippen LogP contribution in [0.5, 0.6) is 5.75 Å². The van der Waals surface area contributed by atoms with E-state index in [4.69, 9.17) is 4.74 Å². The van der Waals surface area contributed by atoms with Crippen LogP contribution in [0.4, 0.5) is 0 Å². The van der Waals surface area contributed by atoms with E-state index < -0.39 is 10.0 Å². The summed E-state index contributed by atoms with van der Waals surface area (Å²) in [7, 11) is -3.60. The highest BCUT2D eigenvalue weighted by molar-refractivity contribution is 7.89. The van der Waals surface area contributed by atoms with E-state index in [2.05, 4.69) is 0 Å². The molecule has 0 aromatic heterocycles. The standard InChI is InChI=1S/C24H24N2O4S/c27-24(21-15-20-7-3-4-8-23(20)30-17-21)25-11-13-26(14-12-25)31(28,29)22-10-9-18-5-1-2-6-19(18)16-22/h1-10,16,21H,11-15,17H2. The number of ether oxygens (including phenoxy) is 1. The third kappa shape index (κ3) is 3.79. The summed E-state index contributed by atoms with van der Waals surface area (Å²) < 4.78 is 33.5. The zero-order chi connectivity index (χ0) is 21.4. The van der Waals surface area contributed by atoms with Gasteiger partial charge in [-0.25, -0.2) is 8.42 Å². The highest BCUT2D eigenvalue weighted by atomic mass is 32.2. The lowest BCUT2D eigenvalue weighted by Crippen LogP contribution is -2.52. The molecule has 5 rings (SSSR count). The Morgan fingerprint density at radius 3 is 2.39 bits per heavy atom. The molecule has 2 aliphatic rings. The first-order valence-electron chi connectivity index (χ1n) is 10.5. The second kappa shape index (κ2) is 7.98. The Kier molecular flexibility index (Phi) is 5.16. The van der Waals surface area contributed by atoms with Crippen LogP contribution in [-0.4, -0.2) is 56.3 Å². The quantitative estimate of drug-likeness (QED) is 0.633. The first kappa shape index (κ1) is 20.0. The van der Waals surface area contributed by atoms with Crippen LogP contribution in [0.1, 0.15) is 5.56 Å². The summed E-state index contributed by atoms with van der Waals surface area (Å²) in [5.41, 5.74) is 1.05. The van der Waals surface area contributed by atoms with Crippen molar-refractivity contribution >= 4 is 26.7 Å². The Balaban J connectivity index is 1.26. The van der Waals surface area contributed by atoms with Gasteiger partial charge in [-0.3, -0.25) is 4.79 Å². The fraction of sp³-hybridized carbons (Fsp3) is 0.292. The molecule has 1 atom stereocenters. The zero-order valence-corrected chi connectivity index (χ0v) is 17.9. The topological polar surface area (TPSA) is 66.9 Å². The predicted molar refractivity (Wildman–Crippen MR) is 118 cm³/mol. The summed E-state index contributed by atoms with van der Waals surface area (Å²) in [6.45, 7) is 1.75. The Morgan fingerprint density at radius 2 is 1.58 bits per heavy atom. The van der Waals surface area contributed by atoms with E-state index in [1.165, 1.54) is 4.31 Å². The Hall–Kier alpha value is -2.90. The summed E-state index contributed by atoms with van der Waals surface area (Å²) in [6.07, 6.45) is 0.657. The molecule has 1 amide bonds. The number of hydrogen-bond acceptors (Lipinski definition) is 4. The van der Waals surface area contributed by atoms with E-state index in [1.54, 1.807) is 17.0 Å². The van der Waals surface area contributed by atoms with Crippen molar-refractivity contribution in [3.05, 3.63) is 72.3 Å². The van der Waals surface area contributed by atoms with E-state index in [-0.39, 0.29) is 11.8 Å². The molecule has 0 saturated carbocycles. The molecule has 0 bridgehead atoms. The van der Waals surface area contributed by atoms with Crippen molar-refractivity contribution in [3.8, 4) is 5.75 Å². The molecule has 3 aromatic carbocycles. The number of sulfonamides is 1. The number of carbonyl (C=O) groups is 1. The lowest BCUT2D eigenvalue weighted by molar-refractivity contribution is -0.138. The third-order valence-corrected chi connectivity index (χ3v) is 8.03. The van der Waals surface area contributed by atoms with Gasteiger partial charge in [-0.2, -0.15) is 4.31 Å². The number of piperazine rings is 1. The summed E-state index contributed by atoms with van der Waals surface area (Å²) in [5, 5.41) is 1.91. The predicted octanol–water partition coefficient (Wildman–Crippen LogP) is 2.92. The Labute approximate surface area is 182 Å². The third-order valence-electron chi connectivity index (χ3n) is 6.14. The summed E-state index contributed by atoms with van der Waals surface area (Å²) in [6, 6.07) is 20.7. The molecule has 7 heteroatoms. The van der Waals surface area contributed by atoms with Crippen molar-refractivity contribution in [1.29, 1.82) is 0 Å². The molecule has 2 heterocycles. The molecule has 31 heavy (non-hydrogen) atoms. The number of amides is 1. The molecule has 1 unspecified atom stereocenters. The van der Waals surface area contributed by atoms with E-state index in [9.17, 15) is 13.2 Å². The molecule has 2 aliphatic heterocycles. The molecule has 3 aromatic rings. The molecular weight excluding hydrogens is 412 g/mol. The van der Waals surface area contributed by atoms with Crippen LogP contribution in [-0.2, 0) is 21.2 Å². The average Bonchev–Trinajstić information content (AvgIpc) is 2.83. The minimum Gasteiger partial charge on any atom is -0.492 e.